The first-order chi connectivity index (χ1) is 9.35. The van der Waals surface area contributed by atoms with E-state index < -0.39 is 0 Å². The number of hydrogen-bond acceptors (Lipinski definition) is 2. The lowest BCUT2D eigenvalue weighted by molar-refractivity contribution is 0.505. The second-order valence-electron chi connectivity index (χ2n) is 5.54. The van der Waals surface area contributed by atoms with Crippen molar-refractivity contribution < 1.29 is 4.42 Å². The minimum absolute atomic E-state index is 0.742. The van der Waals surface area contributed by atoms with Crippen LogP contribution >= 0.6 is 0 Å². The van der Waals surface area contributed by atoms with E-state index in [9.17, 15) is 0 Å². The van der Waals surface area contributed by atoms with Gasteiger partial charge in [0, 0.05) is 10.9 Å². The van der Waals surface area contributed by atoms with Gasteiger partial charge in [-0.15, -0.1) is 0 Å². The fourth-order valence-electron chi connectivity index (χ4n) is 2.85. The molecule has 3 rings (SSSR count). The molecule has 0 spiro atoms. The average Bonchev–Trinajstić information content (AvgIpc) is 3.19. The van der Waals surface area contributed by atoms with Crippen molar-refractivity contribution in [3.05, 3.63) is 35.1 Å². The molecule has 1 heterocycles. The second kappa shape index (κ2) is 5.38. The van der Waals surface area contributed by atoms with E-state index in [1.807, 2.05) is 0 Å². The third-order valence-electron chi connectivity index (χ3n) is 3.99. The number of benzene rings is 1. The van der Waals surface area contributed by atoms with Crippen LogP contribution in [0, 0.1) is 0 Å². The van der Waals surface area contributed by atoms with Crippen LogP contribution in [0.1, 0.15) is 55.9 Å². The molecule has 102 valence electrons. The molecule has 0 radical (unpaired) electrons. The van der Waals surface area contributed by atoms with Crippen LogP contribution in [0.3, 0.4) is 0 Å². The van der Waals surface area contributed by atoms with Crippen molar-refractivity contribution in [1.82, 2.24) is 5.32 Å². The number of rotatable bonds is 6. The molecule has 0 unspecified atom stereocenters. The van der Waals surface area contributed by atoms with Crippen molar-refractivity contribution in [2.75, 3.05) is 6.54 Å². The smallest absolute Gasteiger partial charge is 0.137 e. The molecule has 1 aliphatic carbocycles. The summed E-state index contributed by atoms with van der Waals surface area (Å²) in [5.41, 5.74) is 3.94. The van der Waals surface area contributed by atoms with Crippen LogP contribution < -0.4 is 5.32 Å². The molecule has 2 nitrogen and oxygen atoms in total. The van der Waals surface area contributed by atoms with Gasteiger partial charge in [0.15, 0.2) is 0 Å². The largest absolute Gasteiger partial charge is 0.459 e. The Kier molecular flexibility index (Phi) is 3.61. The van der Waals surface area contributed by atoms with Gasteiger partial charge in [0.2, 0.25) is 0 Å². The van der Waals surface area contributed by atoms with E-state index in [0.29, 0.717) is 0 Å². The van der Waals surface area contributed by atoms with E-state index in [0.717, 1.165) is 31.0 Å². The molecular formula is C17H23NO. The predicted octanol–water partition coefficient (Wildman–Crippen LogP) is 4.37. The summed E-state index contributed by atoms with van der Waals surface area (Å²) in [6.45, 7) is 6.32. The van der Waals surface area contributed by atoms with Crippen LogP contribution in [-0.2, 0) is 13.0 Å². The zero-order chi connectivity index (χ0) is 13.2. The highest BCUT2D eigenvalue weighted by Crippen LogP contribution is 2.46. The van der Waals surface area contributed by atoms with Crippen LogP contribution in [0.25, 0.3) is 11.0 Å². The Morgan fingerprint density at radius 2 is 2.11 bits per heavy atom. The van der Waals surface area contributed by atoms with Crippen molar-refractivity contribution in [3.8, 4) is 0 Å². The van der Waals surface area contributed by atoms with Crippen LogP contribution in [0.15, 0.2) is 22.6 Å². The molecule has 2 aromatic rings. The fourth-order valence-corrected chi connectivity index (χ4v) is 2.85. The maximum atomic E-state index is 6.21. The highest BCUT2D eigenvalue weighted by molar-refractivity contribution is 5.86. The molecule has 0 aliphatic heterocycles. The summed E-state index contributed by atoms with van der Waals surface area (Å²) in [7, 11) is 0. The maximum absolute atomic E-state index is 6.21. The molecule has 1 aromatic carbocycles. The zero-order valence-corrected chi connectivity index (χ0v) is 12.0. The van der Waals surface area contributed by atoms with E-state index in [-0.39, 0.29) is 0 Å². The minimum atomic E-state index is 0.742. The molecule has 19 heavy (non-hydrogen) atoms. The molecule has 0 saturated heterocycles. The summed E-state index contributed by atoms with van der Waals surface area (Å²) in [5.74, 6) is 1.92. The molecule has 1 saturated carbocycles. The molecule has 1 N–H and O–H groups in total. The standard InChI is InChI=1S/C17H23NO/c1-3-10-18-11-15-16(13-8-9-13)14-7-5-6-12(4-2)17(14)19-15/h5-7,13,18H,3-4,8-11H2,1-2H3. The lowest BCUT2D eigenvalue weighted by Crippen LogP contribution is -2.14. The quantitative estimate of drug-likeness (QED) is 0.777. The first kappa shape index (κ1) is 12.7. The van der Waals surface area contributed by atoms with Crippen molar-refractivity contribution in [2.45, 2.75) is 52.0 Å². The van der Waals surface area contributed by atoms with Crippen molar-refractivity contribution >= 4 is 11.0 Å². The Hall–Kier alpha value is -1.28. The lowest BCUT2D eigenvalue weighted by atomic mass is 10.0. The highest BCUT2D eigenvalue weighted by atomic mass is 16.3. The molecule has 2 heteroatoms. The van der Waals surface area contributed by atoms with Gasteiger partial charge in [-0.2, -0.15) is 0 Å². The molecule has 0 amide bonds. The number of aryl methyl sites for hydroxylation is 1. The number of nitrogens with one attached hydrogen (secondary N) is 1. The van der Waals surface area contributed by atoms with Gasteiger partial charge < -0.3 is 9.73 Å². The predicted molar refractivity (Wildman–Crippen MR) is 79.6 cm³/mol. The van der Waals surface area contributed by atoms with Gasteiger partial charge in [-0.1, -0.05) is 32.0 Å². The van der Waals surface area contributed by atoms with Crippen LogP contribution in [0.2, 0.25) is 0 Å². The highest BCUT2D eigenvalue weighted by Gasteiger charge is 2.30. The van der Waals surface area contributed by atoms with E-state index in [2.05, 4.69) is 37.4 Å². The van der Waals surface area contributed by atoms with Gasteiger partial charge in [0.1, 0.15) is 11.3 Å². The van der Waals surface area contributed by atoms with E-state index in [4.69, 9.17) is 4.42 Å². The molecule has 0 bridgehead atoms. The summed E-state index contributed by atoms with van der Waals surface area (Å²) >= 11 is 0. The Morgan fingerprint density at radius 1 is 1.26 bits per heavy atom. The number of fused-ring (bicyclic) bond motifs is 1. The lowest BCUT2D eigenvalue weighted by Gasteiger charge is -2.02. The number of para-hydroxylation sites is 1. The normalized spacial score (nSPS) is 15.3. The van der Waals surface area contributed by atoms with Gasteiger partial charge in [-0.3, -0.25) is 0 Å². The molecular weight excluding hydrogens is 234 g/mol. The van der Waals surface area contributed by atoms with Crippen LogP contribution in [-0.4, -0.2) is 6.54 Å². The van der Waals surface area contributed by atoms with E-state index in [1.165, 1.54) is 41.5 Å². The third-order valence-corrected chi connectivity index (χ3v) is 3.99. The SMILES string of the molecule is CCCNCc1oc2c(CC)cccc2c1C1CC1. The number of hydrogen-bond donors (Lipinski definition) is 1. The van der Waals surface area contributed by atoms with Crippen molar-refractivity contribution in [1.29, 1.82) is 0 Å². The first-order valence-corrected chi connectivity index (χ1v) is 7.59. The van der Waals surface area contributed by atoms with Crippen LogP contribution in [0.4, 0.5) is 0 Å². The van der Waals surface area contributed by atoms with Crippen molar-refractivity contribution in [3.63, 3.8) is 0 Å². The Bertz CT molecular complexity index is 566. The van der Waals surface area contributed by atoms with Gasteiger partial charge in [0.05, 0.1) is 6.54 Å². The summed E-state index contributed by atoms with van der Waals surface area (Å²) in [6, 6.07) is 6.59. The molecule has 1 fully saturated rings. The summed E-state index contributed by atoms with van der Waals surface area (Å²) in [5, 5.41) is 4.84. The minimum Gasteiger partial charge on any atom is -0.459 e. The Balaban J connectivity index is 2.02. The summed E-state index contributed by atoms with van der Waals surface area (Å²) in [6.07, 6.45) is 4.85. The first-order valence-electron chi connectivity index (χ1n) is 7.59. The third kappa shape index (κ3) is 2.42. The topological polar surface area (TPSA) is 25.2 Å². The van der Waals surface area contributed by atoms with Gasteiger partial charge in [-0.05, 0) is 43.7 Å². The molecule has 1 aromatic heterocycles. The zero-order valence-electron chi connectivity index (χ0n) is 12.0. The Morgan fingerprint density at radius 3 is 2.79 bits per heavy atom. The second-order valence-corrected chi connectivity index (χ2v) is 5.54. The average molecular weight is 257 g/mol. The van der Waals surface area contributed by atoms with Crippen molar-refractivity contribution in [2.24, 2.45) is 0 Å². The van der Waals surface area contributed by atoms with Crippen LogP contribution in [0.5, 0.6) is 0 Å². The Labute approximate surface area is 115 Å². The van der Waals surface area contributed by atoms with E-state index >= 15 is 0 Å². The summed E-state index contributed by atoms with van der Waals surface area (Å²) < 4.78 is 6.21. The van der Waals surface area contributed by atoms with Gasteiger partial charge >= 0.3 is 0 Å². The number of furan rings is 1. The maximum Gasteiger partial charge on any atom is 0.137 e. The fraction of sp³-hybridized carbons (Fsp3) is 0.529. The molecule has 1 aliphatic rings. The van der Waals surface area contributed by atoms with Gasteiger partial charge in [-0.25, -0.2) is 0 Å². The van der Waals surface area contributed by atoms with E-state index in [1.54, 1.807) is 0 Å². The molecule has 0 atom stereocenters. The summed E-state index contributed by atoms with van der Waals surface area (Å²) in [4.78, 5) is 0. The van der Waals surface area contributed by atoms with Gasteiger partial charge in [0.25, 0.3) is 0 Å². The monoisotopic (exact) mass is 257 g/mol.